The molecule has 1 aromatic heterocycles. The average Bonchev–Trinajstić information content (AvgIpc) is 2.51. The molecule has 110 valence electrons. The van der Waals surface area contributed by atoms with Crippen LogP contribution in [-0.2, 0) is 17.9 Å². The summed E-state index contributed by atoms with van der Waals surface area (Å²) in [6, 6.07) is 11.6. The van der Waals surface area contributed by atoms with Crippen LogP contribution in [0.5, 0.6) is 5.75 Å². The smallest absolute Gasteiger partial charge is 0.304 e. The maximum absolute atomic E-state index is 10.5. The number of nitrogens with zero attached hydrogens (tertiary/aromatic N) is 1. The molecule has 0 fully saturated rings. The summed E-state index contributed by atoms with van der Waals surface area (Å²) in [5.74, 6) is -0.00668. The molecule has 0 saturated carbocycles. The van der Waals surface area contributed by atoms with Gasteiger partial charge in [-0.15, -0.1) is 0 Å². The number of para-hydroxylation sites is 1. The van der Waals surface area contributed by atoms with Gasteiger partial charge in [0.05, 0.1) is 6.42 Å². The number of carboxylic acids is 1. The number of aliphatic carboxylic acids is 1. The summed E-state index contributed by atoms with van der Waals surface area (Å²) in [6.07, 6.45) is 3.61. The third-order valence-electron chi connectivity index (χ3n) is 2.92. The Morgan fingerprint density at radius 1 is 1.24 bits per heavy atom. The summed E-state index contributed by atoms with van der Waals surface area (Å²) in [5.41, 5.74) is 2.01. The van der Waals surface area contributed by atoms with Crippen molar-refractivity contribution >= 4 is 5.97 Å². The highest BCUT2D eigenvalue weighted by Gasteiger charge is 2.04. The Labute approximate surface area is 123 Å². The van der Waals surface area contributed by atoms with Crippen molar-refractivity contribution in [3.8, 4) is 5.75 Å². The zero-order valence-corrected chi connectivity index (χ0v) is 11.7. The molecular weight excluding hydrogens is 268 g/mol. The van der Waals surface area contributed by atoms with Crippen molar-refractivity contribution in [1.29, 1.82) is 0 Å². The summed E-state index contributed by atoms with van der Waals surface area (Å²) in [6.45, 7) is 1.47. The first-order valence-corrected chi connectivity index (χ1v) is 6.78. The number of carboxylic acid groups (broad SMARTS) is 1. The van der Waals surface area contributed by atoms with Gasteiger partial charge in [-0.1, -0.05) is 24.3 Å². The van der Waals surface area contributed by atoms with Gasteiger partial charge in [-0.05, 0) is 12.1 Å². The van der Waals surface area contributed by atoms with Crippen LogP contribution in [0.25, 0.3) is 0 Å². The highest BCUT2D eigenvalue weighted by atomic mass is 16.5. The number of rotatable bonds is 8. The predicted octanol–water partition coefficient (Wildman–Crippen LogP) is 2.22. The van der Waals surface area contributed by atoms with E-state index >= 15 is 0 Å². The van der Waals surface area contributed by atoms with E-state index in [0.29, 0.717) is 19.7 Å². The second-order valence-electron chi connectivity index (χ2n) is 4.58. The molecule has 0 amide bonds. The normalized spacial score (nSPS) is 10.3. The SMILES string of the molecule is O=C(O)CCNCc1ccccc1OCc1cccnc1. The third-order valence-corrected chi connectivity index (χ3v) is 2.92. The Morgan fingerprint density at radius 2 is 2.10 bits per heavy atom. The van der Waals surface area contributed by atoms with Crippen molar-refractivity contribution < 1.29 is 14.6 Å². The number of carbonyl (C=O) groups is 1. The third kappa shape index (κ3) is 5.24. The summed E-state index contributed by atoms with van der Waals surface area (Å²) >= 11 is 0. The molecule has 0 aliphatic carbocycles. The quantitative estimate of drug-likeness (QED) is 0.728. The monoisotopic (exact) mass is 286 g/mol. The van der Waals surface area contributed by atoms with Crippen LogP contribution in [0, 0.1) is 0 Å². The van der Waals surface area contributed by atoms with Gasteiger partial charge in [0.25, 0.3) is 0 Å². The van der Waals surface area contributed by atoms with Crippen LogP contribution in [0.2, 0.25) is 0 Å². The average molecular weight is 286 g/mol. The van der Waals surface area contributed by atoms with E-state index in [0.717, 1.165) is 16.9 Å². The Kier molecular flexibility index (Phi) is 5.72. The van der Waals surface area contributed by atoms with Crippen LogP contribution in [0.15, 0.2) is 48.8 Å². The lowest BCUT2D eigenvalue weighted by Crippen LogP contribution is -2.18. The molecule has 0 atom stereocenters. The number of nitrogens with one attached hydrogen (secondary N) is 1. The number of pyridine rings is 1. The highest BCUT2D eigenvalue weighted by Crippen LogP contribution is 2.19. The molecule has 0 saturated heterocycles. The number of ether oxygens (including phenoxy) is 1. The molecule has 5 heteroatoms. The fraction of sp³-hybridized carbons (Fsp3) is 0.250. The number of hydrogen-bond donors (Lipinski definition) is 2. The molecule has 2 aromatic rings. The van der Waals surface area contributed by atoms with Crippen molar-refractivity contribution in [1.82, 2.24) is 10.3 Å². The fourth-order valence-electron chi connectivity index (χ4n) is 1.85. The van der Waals surface area contributed by atoms with Crippen molar-refractivity contribution in [2.75, 3.05) is 6.54 Å². The zero-order valence-electron chi connectivity index (χ0n) is 11.7. The maximum Gasteiger partial charge on any atom is 0.304 e. The number of benzene rings is 1. The zero-order chi connectivity index (χ0) is 14.9. The van der Waals surface area contributed by atoms with Crippen molar-refractivity contribution in [3.05, 3.63) is 59.9 Å². The molecule has 0 radical (unpaired) electrons. The van der Waals surface area contributed by atoms with Gasteiger partial charge >= 0.3 is 5.97 Å². The van der Waals surface area contributed by atoms with Gasteiger partial charge < -0.3 is 15.2 Å². The molecular formula is C16H18N2O3. The summed E-state index contributed by atoms with van der Waals surface area (Å²) in [4.78, 5) is 14.5. The molecule has 0 unspecified atom stereocenters. The van der Waals surface area contributed by atoms with Crippen LogP contribution >= 0.6 is 0 Å². The molecule has 0 spiro atoms. The molecule has 1 aromatic carbocycles. The second-order valence-corrected chi connectivity index (χ2v) is 4.58. The molecule has 2 rings (SSSR count). The van der Waals surface area contributed by atoms with Gasteiger partial charge in [-0.2, -0.15) is 0 Å². The van der Waals surface area contributed by atoms with Gasteiger partial charge in [-0.25, -0.2) is 0 Å². The minimum atomic E-state index is -0.802. The first kappa shape index (κ1) is 15.0. The van der Waals surface area contributed by atoms with Crippen molar-refractivity contribution in [3.63, 3.8) is 0 Å². The van der Waals surface area contributed by atoms with E-state index in [2.05, 4.69) is 10.3 Å². The lowest BCUT2D eigenvalue weighted by molar-refractivity contribution is -0.136. The predicted molar refractivity (Wildman–Crippen MR) is 79.0 cm³/mol. The molecule has 2 N–H and O–H groups in total. The van der Waals surface area contributed by atoms with E-state index in [1.807, 2.05) is 36.4 Å². The Morgan fingerprint density at radius 3 is 2.86 bits per heavy atom. The summed E-state index contributed by atoms with van der Waals surface area (Å²) in [5, 5.41) is 11.7. The first-order chi connectivity index (χ1) is 10.3. The van der Waals surface area contributed by atoms with Gasteiger partial charge in [0.1, 0.15) is 12.4 Å². The van der Waals surface area contributed by atoms with Crippen LogP contribution in [0.4, 0.5) is 0 Å². The Bertz CT molecular complexity index is 573. The molecule has 0 aliphatic rings. The van der Waals surface area contributed by atoms with Crippen molar-refractivity contribution in [2.45, 2.75) is 19.6 Å². The van der Waals surface area contributed by atoms with E-state index in [1.165, 1.54) is 0 Å². The standard InChI is InChI=1S/C16H18N2O3/c19-16(20)7-9-18-11-14-5-1-2-6-15(14)21-12-13-4-3-8-17-10-13/h1-6,8,10,18H,7,9,11-12H2,(H,19,20). The van der Waals surface area contributed by atoms with Crippen LogP contribution in [0.1, 0.15) is 17.5 Å². The van der Waals surface area contributed by atoms with Crippen LogP contribution in [0.3, 0.4) is 0 Å². The number of aromatic nitrogens is 1. The van der Waals surface area contributed by atoms with E-state index in [9.17, 15) is 4.79 Å². The lowest BCUT2D eigenvalue weighted by Gasteiger charge is -2.12. The van der Waals surface area contributed by atoms with Gasteiger partial charge in [0, 0.05) is 36.6 Å². The summed E-state index contributed by atoms with van der Waals surface area (Å²) < 4.78 is 5.81. The van der Waals surface area contributed by atoms with Gasteiger partial charge in [0.15, 0.2) is 0 Å². The van der Waals surface area contributed by atoms with E-state index < -0.39 is 5.97 Å². The topological polar surface area (TPSA) is 71.5 Å². The summed E-state index contributed by atoms with van der Waals surface area (Å²) in [7, 11) is 0. The second kappa shape index (κ2) is 8.01. The fourth-order valence-corrected chi connectivity index (χ4v) is 1.85. The molecule has 21 heavy (non-hydrogen) atoms. The number of hydrogen-bond acceptors (Lipinski definition) is 4. The molecule has 1 heterocycles. The van der Waals surface area contributed by atoms with E-state index in [-0.39, 0.29) is 6.42 Å². The maximum atomic E-state index is 10.5. The van der Waals surface area contributed by atoms with Gasteiger partial charge in [0.2, 0.25) is 0 Å². The van der Waals surface area contributed by atoms with Crippen molar-refractivity contribution in [2.24, 2.45) is 0 Å². The molecule has 5 nitrogen and oxygen atoms in total. The lowest BCUT2D eigenvalue weighted by atomic mass is 10.2. The largest absolute Gasteiger partial charge is 0.489 e. The first-order valence-electron chi connectivity index (χ1n) is 6.78. The molecule has 0 aliphatic heterocycles. The van der Waals surface area contributed by atoms with E-state index in [1.54, 1.807) is 12.4 Å². The minimum Gasteiger partial charge on any atom is -0.489 e. The Hall–Kier alpha value is -2.40. The highest BCUT2D eigenvalue weighted by molar-refractivity contribution is 5.66. The minimum absolute atomic E-state index is 0.110. The van der Waals surface area contributed by atoms with Crippen LogP contribution in [-0.4, -0.2) is 22.6 Å². The van der Waals surface area contributed by atoms with E-state index in [4.69, 9.17) is 9.84 Å². The van der Waals surface area contributed by atoms with Crippen LogP contribution < -0.4 is 10.1 Å². The Balaban J connectivity index is 1.89. The molecule has 0 bridgehead atoms. The van der Waals surface area contributed by atoms with Gasteiger partial charge in [-0.3, -0.25) is 9.78 Å².